The third-order valence-corrected chi connectivity index (χ3v) is 6.93. The molecule has 0 bridgehead atoms. The highest BCUT2D eigenvalue weighted by Gasteiger charge is 2.25. The molecule has 0 fully saturated rings. The van der Waals surface area contributed by atoms with Crippen LogP contribution in [0.2, 0.25) is 0 Å². The molecule has 7 nitrogen and oxygen atoms in total. The van der Waals surface area contributed by atoms with Crippen LogP contribution in [0.4, 0.5) is 0 Å². The molecule has 3 heterocycles. The molecule has 0 unspecified atom stereocenters. The first-order valence-electron chi connectivity index (χ1n) is 10.0. The summed E-state index contributed by atoms with van der Waals surface area (Å²) in [6, 6.07) is 25.6. The number of rotatable bonds is 5. The van der Waals surface area contributed by atoms with Crippen molar-refractivity contribution in [2.24, 2.45) is 0 Å². The van der Waals surface area contributed by atoms with Crippen molar-refractivity contribution in [3.8, 4) is 22.5 Å². The Balaban J connectivity index is 1.76. The third-order valence-electron chi connectivity index (χ3n) is 5.21. The number of nitrogens with zero attached hydrogens (tertiary/aromatic N) is 3. The number of hydrogen-bond acceptors (Lipinski definition) is 5. The van der Waals surface area contributed by atoms with Crippen LogP contribution in [0.15, 0.2) is 102 Å². The van der Waals surface area contributed by atoms with Gasteiger partial charge >= 0.3 is 5.97 Å². The molecule has 0 amide bonds. The van der Waals surface area contributed by atoms with Crippen LogP contribution in [0, 0.1) is 0 Å². The van der Waals surface area contributed by atoms with E-state index in [1.54, 1.807) is 54.6 Å². The Morgan fingerprint density at radius 1 is 0.818 bits per heavy atom. The number of benzene rings is 2. The molecule has 0 aliphatic rings. The van der Waals surface area contributed by atoms with Gasteiger partial charge in [0.2, 0.25) is 0 Å². The maximum absolute atomic E-state index is 13.6. The van der Waals surface area contributed by atoms with E-state index in [0.29, 0.717) is 22.3 Å². The molecule has 8 heteroatoms. The van der Waals surface area contributed by atoms with E-state index in [0.717, 1.165) is 5.56 Å². The molecule has 0 aliphatic carbocycles. The molecule has 33 heavy (non-hydrogen) atoms. The van der Waals surface area contributed by atoms with Crippen molar-refractivity contribution in [3.63, 3.8) is 0 Å². The van der Waals surface area contributed by atoms with Crippen LogP contribution in [-0.2, 0) is 10.0 Å². The zero-order chi connectivity index (χ0) is 23.0. The zero-order valence-corrected chi connectivity index (χ0v) is 18.0. The molecule has 0 spiro atoms. The van der Waals surface area contributed by atoms with Crippen molar-refractivity contribution in [3.05, 3.63) is 103 Å². The van der Waals surface area contributed by atoms with Crippen LogP contribution in [0.5, 0.6) is 0 Å². The van der Waals surface area contributed by atoms with Gasteiger partial charge in [0, 0.05) is 17.1 Å². The van der Waals surface area contributed by atoms with Gasteiger partial charge in [-0.2, -0.15) is 0 Å². The molecule has 1 N–H and O–H groups in total. The zero-order valence-electron chi connectivity index (χ0n) is 17.2. The van der Waals surface area contributed by atoms with E-state index in [-0.39, 0.29) is 16.2 Å². The van der Waals surface area contributed by atoms with Gasteiger partial charge in [-0.1, -0.05) is 54.6 Å². The topological polar surface area (TPSA) is 102 Å². The Morgan fingerprint density at radius 2 is 1.52 bits per heavy atom. The van der Waals surface area contributed by atoms with Crippen molar-refractivity contribution >= 4 is 27.0 Å². The highest BCUT2D eigenvalue weighted by atomic mass is 32.2. The summed E-state index contributed by atoms with van der Waals surface area (Å²) in [6.07, 6.45) is 1.50. The molecule has 0 radical (unpaired) electrons. The lowest BCUT2D eigenvalue weighted by molar-refractivity contribution is 0.0690. The van der Waals surface area contributed by atoms with Crippen molar-refractivity contribution in [2.75, 3.05) is 0 Å². The Morgan fingerprint density at radius 3 is 2.21 bits per heavy atom. The summed E-state index contributed by atoms with van der Waals surface area (Å²) >= 11 is 0. The molecule has 5 aromatic rings. The van der Waals surface area contributed by atoms with Crippen LogP contribution < -0.4 is 0 Å². The number of aromatic nitrogens is 3. The van der Waals surface area contributed by atoms with Crippen LogP contribution in [0.25, 0.3) is 33.5 Å². The Hall–Kier alpha value is -4.30. The summed E-state index contributed by atoms with van der Waals surface area (Å²) in [6.45, 7) is 0. The Kier molecular flexibility index (Phi) is 4.99. The molecular formula is C25H17N3O4S. The fourth-order valence-electron chi connectivity index (χ4n) is 3.68. The van der Waals surface area contributed by atoms with Gasteiger partial charge in [-0.15, -0.1) is 0 Å². The minimum atomic E-state index is -3.94. The van der Waals surface area contributed by atoms with Gasteiger partial charge in [0.05, 0.1) is 16.3 Å². The maximum Gasteiger partial charge on any atom is 0.354 e. The van der Waals surface area contributed by atoms with Gasteiger partial charge in [0.15, 0.2) is 5.65 Å². The highest BCUT2D eigenvalue weighted by Crippen LogP contribution is 2.33. The monoisotopic (exact) mass is 455 g/mol. The van der Waals surface area contributed by atoms with Crippen molar-refractivity contribution in [1.29, 1.82) is 0 Å². The lowest BCUT2D eigenvalue weighted by Crippen LogP contribution is -2.14. The molecule has 0 atom stereocenters. The second-order valence-electron chi connectivity index (χ2n) is 7.33. The lowest BCUT2D eigenvalue weighted by atomic mass is 10.1. The van der Waals surface area contributed by atoms with Gasteiger partial charge in [-0.05, 0) is 42.0 Å². The lowest BCUT2D eigenvalue weighted by Gasteiger charge is -2.12. The molecule has 0 aliphatic heterocycles. The molecule has 0 saturated carbocycles. The number of carboxylic acid groups (broad SMARTS) is 1. The summed E-state index contributed by atoms with van der Waals surface area (Å²) < 4.78 is 28.5. The fourth-order valence-corrected chi connectivity index (χ4v) is 5.19. The minimum Gasteiger partial charge on any atom is -0.477 e. The standard InChI is InChI=1S/C25H17N3O4S/c29-25(30)22-13-7-12-21(27-22)19-14-18-15-23(17-8-3-1-4-9-17)28(24(18)26-16-19)33(31,32)20-10-5-2-6-11-20/h1-16H,(H,29,30). The second kappa shape index (κ2) is 7.99. The second-order valence-corrected chi connectivity index (χ2v) is 9.11. The van der Waals surface area contributed by atoms with Crippen molar-refractivity contribution in [2.45, 2.75) is 4.90 Å². The van der Waals surface area contributed by atoms with Gasteiger partial charge in [-0.3, -0.25) is 0 Å². The number of fused-ring (bicyclic) bond motifs is 1. The predicted octanol–water partition coefficient (Wildman–Crippen LogP) is 4.70. The first-order valence-corrected chi connectivity index (χ1v) is 11.5. The fraction of sp³-hybridized carbons (Fsp3) is 0. The van der Waals surface area contributed by atoms with Gasteiger partial charge < -0.3 is 5.11 Å². The third kappa shape index (κ3) is 3.66. The van der Waals surface area contributed by atoms with E-state index in [9.17, 15) is 18.3 Å². The van der Waals surface area contributed by atoms with E-state index >= 15 is 0 Å². The summed E-state index contributed by atoms with van der Waals surface area (Å²) in [5.74, 6) is -1.13. The average molecular weight is 455 g/mol. The molecule has 2 aromatic carbocycles. The molecule has 3 aromatic heterocycles. The van der Waals surface area contributed by atoms with E-state index < -0.39 is 16.0 Å². The van der Waals surface area contributed by atoms with Crippen molar-refractivity contribution in [1.82, 2.24) is 13.9 Å². The van der Waals surface area contributed by atoms with E-state index in [2.05, 4.69) is 9.97 Å². The van der Waals surface area contributed by atoms with Gasteiger partial charge in [0.25, 0.3) is 10.0 Å². The van der Waals surface area contributed by atoms with E-state index in [4.69, 9.17) is 0 Å². The van der Waals surface area contributed by atoms with E-state index in [1.165, 1.54) is 16.2 Å². The quantitative estimate of drug-likeness (QED) is 0.412. The summed E-state index contributed by atoms with van der Waals surface area (Å²) in [5, 5.41) is 9.83. The van der Waals surface area contributed by atoms with E-state index in [1.807, 2.05) is 30.3 Å². The molecule has 5 rings (SSSR count). The van der Waals surface area contributed by atoms with Crippen LogP contribution in [0.1, 0.15) is 10.5 Å². The van der Waals surface area contributed by atoms with Crippen LogP contribution in [-0.4, -0.2) is 33.4 Å². The van der Waals surface area contributed by atoms with Gasteiger partial charge in [-0.25, -0.2) is 27.2 Å². The number of pyridine rings is 2. The molecular weight excluding hydrogens is 438 g/mol. The SMILES string of the molecule is O=C(O)c1cccc(-c2cnc3c(c2)cc(-c2ccccc2)n3S(=O)(=O)c2ccccc2)n1. The minimum absolute atomic E-state index is 0.0817. The highest BCUT2D eigenvalue weighted by molar-refractivity contribution is 7.90. The number of carboxylic acids is 1. The first kappa shape index (κ1) is 20.6. The van der Waals surface area contributed by atoms with Crippen LogP contribution >= 0.6 is 0 Å². The average Bonchev–Trinajstić information content (AvgIpc) is 3.25. The largest absolute Gasteiger partial charge is 0.477 e. The smallest absolute Gasteiger partial charge is 0.354 e. The summed E-state index contributed by atoms with van der Waals surface area (Å²) in [7, 11) is -3.94. The van der Waals surface area contributed by atoms with Crippen molar-refractivity contribution < 1.29 is 18.3 Å². The summed E-state index contributed by atoms with van der Waals surface area (Å²) in [5.41, 5.74) is 2.41. The Labute approximate surface area is 189 Å². The first-order chi connectivity index (χ1) is 15.9. The number of hydrogen-bond donors (Lipinski definition) is 1. The normalized spacial score (nSPS) is 11.5. The maximum atomic E-state index is 13.6. The predicted molar refractivity (Wildman–Crippen MR) is 124 cm³/mol. The number of carbonyl (C=O) groups is 1. The molecule has 162 valence electrons. The summed E-state index contributed by atoms with van der Waals surface area (Å²) in [4.78, 5) is 20.1. The molecule has 0 saturated heterocycles. The van der Waals surface area contributed by atoms with Gasteiger partial charge in [0.1, 0.15) is 5.69 Å². The number of aromatic carboxylic acids is 1. The Bertz CT molecular complexity index is 1600. The van der Waals surface area contributed by atoms with Crippen LogP contribution in [0.3, 0.4) is 0 Å².